The molecule has 1 aliphatic carbocycles. The number of rotatable bonds is 3. The maximum atomic E-state index is 13.0. The van der Waals surface area contributed by atoms with Gasteiger partial charge < -0.3 is 5.73 Å². The molecule has 3 heteroatoms. The third kappa shape index (κ3) is 3.50. The number of benzene rings is 1. The zero-order valence-corrected chi connectivity index (χ0v) is 9.91. The first kappa shape index (κ1) is 12.5. The van der Waals surface area contributed by atoms with Crippen LogP contribution in [0, 0.1) is 5.92 Å². The van der Waals surface area contributed by atoms with Crippen molar-refractivity contribution in [3.8, 4) is 0 Å². The predicted octanol–water partition coefficient (Wildman–Crippen LogP) is 3.38. The molecule has 0 radical (unpaired) electrons. The topological polar surface area (TPSA) is 26.0 Å². The van der Waals surface area contributed by atoms with Crippen LogP contribution in [0.5, 0.6) is 0 Å². The zero-order valence-electron chi connectivity index (χ0n) is 9.91. The fourth-order valence-corrected chi connectivity index (χ4v) is 2.54. The number of hydrogen-bond donors (Lipinski definition) is 1. The second-order valence-electron chi connectivity index (χ2n) is 5.05. The van der Waals surface area contributed by atoms with Crippen molar-refractivity contribution in [2.75, 3.05) is 0 Å². The van der Waals surface area contributed by atoms with E-state index in [1.54, 1.807) is 0 Å². The van der Waals surface area contributed by atoms with Crippen LogP contribution >= 0.6 is 0 Å². The third-order valence-electron chi connectivity index (χ3n) is 3.68. The van der Waals surface area contributed by atoms with Gasteiger partial charge in [-0.1, -0.05) is 30.3 Å². The first-order valence-corrected chi connectivity index (χ1v) is 6.24. The Kier molecular flexibility index (Phi) is 3.77. The van der Waals surface area contributed by atoms with Gasteiger partial charge in [0.15, 0.2) is 0 Å². The summed E-state index contributed by atoms with van der Waals surface area (Å²) in [5.41, 5.74) is 7.32. The molecule has 0 bridgehead atoms. The van der Waals surface area contributed by atoms with Crippen LogP contribution in [0.4, 0.5) is 8.78 Å². The van der Waals surface area contributed by atoms with Gasteiger partial charge in [-0.25, -0.2) is 8.78 Å². The summed E-state index contributed by atoms with van der Waals surface area (Å²) in [4.78, 5) is 0. The molecule has 1 aromatic carbocycles. The van der Waals surface area contributed by atoms with Crippen molar-refractivity contribution in [2.24, 2.45) is 11.7 Å². The van der Waals surface area contributed by atoms with E-state index in [0.717, 1.165) is 6.42 Å². The minimum atomic E-state index is -2.46. The minimum Gasteiger partial charge on any atom is -0.327 e. The Labute approximate surface area is 101 Å². The Morgan fingerprint density at radius 2 is 1.76 bits per heavy atom. The van der Waals surface area contributed by atoms with Gasteiger partial charge in [-0.2, -0.15) is 0 Å². The van der Waals surface area contributed by atoms with Gasteiger partial charge in [0.05, 0.1) is 0 Å². The standard InChI is InChI=1S/C14H19F2N/c15-14(16)8-6-12(7-9-14)13(17)10-11-4-2-1-3-5-11/h1-5,12-13H,6-10,17H2. The highest BCUT2D eigenvalue weighted by atomic mass is 19.3. The van der Waals surface area contributed by atoms with E-state index < -0.39 is 5.92 Å². The molecule has 1 saturated carbocycles. The lowest BCUT2D eigenvalue weighted by Crippen LogP contribution is -2.37. The quantitative estimate of drug-likeness (QED) is 0.859. The monoisotopic (exact) mass is 239 g/mol. The van der Waals surface area contributed by atoms with Crippen LogP contribution in [0.2, 0.25) is 0 Å². The van der Waals surface area contributed by atoms with Crippen LogP contribution in [0.3, 0.4) is 0 Å². The average molecular weight is 239 g/mol. The van der Waals surface area contributed by atoms with Crippen LogP contribution in [0.15, 0.2) is 30.3 Å². The second-order valence-corrected chi connectivity index (χ2v) is 5.05. The van der Waals surface area contributed by atoms with E-state index in [-0.39, 0.29) is 24.8 Å². The van der Waals surface area contributed by atoms with Gasteiger partial charge >= 0.3 is 0 Å². The van der Waals surface area contributed by atoms with Crippen molar-refractivity contribution in [1.29, 1.82) is 0 Å². The van der Waals surface area contributed by atoms with Gasteiger partial charge in [-0.05, 0) is 30.7 Å². The minimum absolute atomic E-state index is 0.000155. The molecule has 0 amide bonds. The highest BCUT2D eigenvalue weighted by Gasteiger charge is 2.36. The summed E-state index contributed by atoms with van der Waals surface area (Å²) in [6, 6.07) is 10.0. The first-order chi connectivity index (χ1) is 8.07. The summed E-state index contributed by atoms with van der Waals surface area (Å²) in [7, 11) is 0. The van der Waals surface area contributed by atoms with Crippen molar-refractivity contribution < 1.29 is 8.78 Å². The van der Waals surface area contributed by atoms with E-state index in [1.807, 2.05) is 30.3 Å². The molecule has 0 aliphatic heterocycles. The fraction of sp³-hybridized carbons (Fsp3) is 0.571. The Hall–Kier alpha value is -0.960. The molecule has 0 spiro atoms. The highest BCUT2D eigenvalue weighted by Crippen LogP contribution is 2.37. The highest BCUT2D eigenvalue weighted by molar-refractivity contribution is 5.16. The molecule has 2 rings (SSSR count). The van der Waals surface area contributed by atoms with E-state index >= 15 is 0 Å². The Bertz CT molecular complexity index is 340. The molecule has 0 heterocycles. The number of nitrogens with two attached hydrogens (primary N) is 1. The molecule has 1 aromatic rings. The summed E-state index contributed by atoms with van der Waals surface area (Å²) < 4.78 is 26.1. The number of hydrogen-bond acceptors (Lipinski definition) is 1. The second kappa shape index (κ2) is 5.13. The Morgan fingerprint density at radius 3 is 2.35 bits per heavy atom. The molecule has 2 N–H and O–H groups in total. The van der Waals surface area contributed by atoms with Crippen LogP contribution in [-0.4, -0.2) is 12.0 Å². The first-order valence-electron chi connectivity index (χ1n) is 6.24. The summed E-state index contributed by atoms with van der Waals surface area (Å²) >= 11 is 0. The van der Waals surface area contributed by atoms with E-state index in [4.69, 9.17) is 5.73 Å². The summed E-state index contributed by atoms with van der Waals surface area (Å²) in [5, 5.41) is 0. The molecule has 1 aliphatic rings. The maximum Gasteiger partial charge on any atom is 0.248 e. The van der Waals surface area contributed by atoms with Crippen LogP contribution in [0.1, 0.15) is 31.2 Å². The number of alkyl halides is 2. The molecule has 0 aromatic heterocycles. The average Bonchev–Trinajstić information content (AvgIpc) is 2.30. The molecule has 0 saturated heterocycles. The van der Waals surface area contributed by atoms with Crippen LogP contribution < -0.4 is 5.73 Å². The van der Waals surface area contributed by atoms with E-state index in [0.29, 0.717) is 12.8 Å². The molecule has 1 unspecified atom stereocenters. The van der Waals surface area contributed by atoms with E-state index in [9.17, 15) is 8.78 Å². The van der Waals surface area contributed by atoms with Crippen molar-refractivity contribution >= 4 is 0 Å². The third-order valence-corrected chi connectivity index (χ3v) is 3.68. The zero-order chi connectivity index (χ0) is 12.3. The summed E-state index contributed by atoms with van der Waals surface area (Å²) in [6.45, 7) is 0. The maximum absolute atomic E-state index is 13.0. The van der Waals surface area contributed by atoms with Crippen molar-refractivity contribution in [1.82, 2.24) is 0 Å². The molecular weight excluding hydrogens is 220 g/mol. The predicted molar refractivity (Wildman–Crippen MR) is 65.0 cm³/mol. The molecule has 1 fully saturated rings. The van der Waals surface area contributed by atoms with Crippen molar-refractivity contribution in [2.45, 2.75) is 44.1 Å². The molecule has 1 nitrogen and oxygen atoms in total. The van der Waals surface area contributed by atoms with Gasteiger partial charge in [0.25, 0.3) is 0 Å². The summed E-state index contributed by atoms with van der Waals surface area (Å²) in [5.74, 6) is -2.21. The smallest absolute Gasteiger partial charge is 0.248 e. The SMILES string of the molecule is NC(Cc1ccccc1)C1CCC(F)(F)CC1. The normalized spacial score (nSPS) is 22.3. The van der Waals surface area contributed by atoms with Gasteiger partial charge in [0, 0.05) is 18.9 Å². The molecule has 17 heavy (non-hydrogen) atoms. The Balaban J connectivity index is 1.87. The van der Waals surface area contributed by atoms with E-state index in [1.165, 1.54) is 5.56 Å². The van der Waals surface area contributed by atoms with E-state index in [2.05, 4.69) is 0 Å². The summed E-state index contributed by atoms with van der Waals surface area (Å²) in [6.07, 6.45) is 1.90. The van der Waals surface area contributed by atoms with Crippen molar-refractivity contribution in [3.63, 3.8) is 0 Å². The van der Waals surface area contributed by atoms with Gasteiger partial charge in [0.1, 0.15) is 0 Å². The lowest BCUT2D eigenvalue weighted by Gasteiger charge is -2.32. The van der Waals surface area contributed by atoms with Crippen molar-refractivity contribution in [3.05, 3.63) is 35.9 Å². The van der Waals surface area contributed by atoms with Gasteiger partial charge in [0.2, 0.25) is 5.92 Å². The lowest BCUT2D eigenvalue weighted by atomic mass is 9.80. The fourth-order valence-electron chi connectivity index (χ4n) is 2.54. The largest absolute Gasteiger partial charge is 0.327 e. The van der Waals surface area contributed by atoms with Gasteiger partial charge in [-0.3, -0.25) is 0 Å². The lowest BCUT2D eigenvalue weighted by molar-refractivity contribution is -0.0481. The molecule has 1 atom stereocenters. The Morgan fingerprint density at radius 1 is 1.18 bits per heavy atom. The number of halogens is 2. The van der Waals surface area contributed by atoms with Crippen LogP contribution in [-0.2, 0) is 6.42 Å². The molecular formula is C14H19F2N. The van der Waals surface area contributed by atoms with Crippen LogP contribution in [0.25, 0.3) is 0 Å². The molecule has 94 valence electrons. The van der Waals surface area contributed by atoms with Gasteiger partial charge in [-0.15, -0.1) is 0 Å².